The Kier molecular flexibility index (Phi) is 5.45. The van der Waals surface area contributed by atoms with Crippen LogP contribution < -0.4 is 11.2 Å². The van der Waals surface area contributed by atoms with Crippen LogP contribution in [0.15, 0.2) is 40.1 Å². The number of anilines is 1. The summed E-state index contributed by atoms with van der Waals surface area (Å²) >= 11 is 13.2. The van der Waals surface area contributed by atoms with Crippen molar-refractivity contribution in [3.05, 3.63) is 46.3 Å². The number of hydrogen-bond acceptors (Lipinski definition) is 6. The van der Waals surface area contributed by atoms with Crippen molar-refractivity contribution in [2.45, 2.75) is 24.3 Å². The van der Waals surface area contributed by atoms with Crippen molar-refractivity contribution in [3.63, 3.8) is 0 Å². The molecule has 136 valence electrons. The minimum atomic E-state index is -0.491. The monoisotopic (exact) mass is 411 g/mol. The zero-order valence-corrected chi connectivity index (χ0v) is 16.2. The molecule has 1 amide bonds. The number of thioether (sulfide) groups is 1. The molecule has 7 nitrogen and oxygen atoms in total. The van der Waals surface area contributed by atoms with Gasteiger partial charge in [0, 0.05) is 5.02 Å². The molecule has 10 heteroatoms. The van der Waals surface area contributed by atoms with E-state index < -0.39 is 5.25 Å². The van der Waals surface area contributed by atoms with E-state index in [1.165, 1.54) is 16.4 Å². The topological polar surface area (TPSA) is 99.0 Å². The van der Waals surface area contributed by atoms with Crippen LogP contribution >= 0.6 is 35.0 Å². The summed E-state index contributed by atoms with van der Waals surface area (Å²) in [5.41, 5.74) is 1.19. The van der Waals surface area contributed by atoms with Crippen LogP contribution in [0, 0.1) is 6.92 Å². The Morgan fingerprint density at radius 3 is 2.81 bits per heavy atom. The lowest BCUT2D eigenvalue weighted by Crippen LogP contribution is -2.23. The van der Waals surface area contributed by atoms with E-state index in [-0.39, 0.29) is 5.91 Å². The van der Waals surface area contributed by atoms with Gasteiger partial charge in [-0.25, -0.2) is 4.68 Å². The van der Waals surface area contributed by atoms with Gasteiger partial charge >= 0.3 is 0 Å². The summed E-state index contributed by atoms with van der Waals surface area (Å²) in [5.74, 6) is 6.95. The van der Waals surface area contributed by atoms with Crippen LogP contribution in [0.5, 0.6) is 0 Å². The second-order valence-electron chi connectivity index (χ2n) is 5.44. The van der Waals surface area contributed by atoms with E-state index in [0.717, 1.165) is 5.56 Å². The van der Waals surface area contributed by atoms with Gasteiger partial charge in [0.15, 0.2) is 5.82 Å². The molecular weight excluding hydrogens is 397 g/mol. The van der Waals surface area contributed by atoms with E-state index in [1.54, 1.807) is 37.5 Å². The predicted molar refractivity (Wildman–Crippen MR) is 103 cm³/mol. The maximum Gasteiger partial charge on any atom is 0.237 e. The molecule has 0 aliphatic carbocycles. The smallest absolute Gasteiger partial charge is 0.237 e. The molecule has 3 aromatic rings. The number of aromatic nitrogens is 3. The molecule has 3 rings (SSSR count). The van der Waals surface area contributed by atoms with Gasteiger partial charge in [0.1, 0.15) is 5.76 Å². The van der Waals surface area contributed by atoms with Gasteiger partial charge in [0.2, 0.25) is 11.1 Å². The second kappa shape index (κ2) is 7.61. The molecule has 1 atom stereocenters. The lowest BCUT2D eigenvalue weighted by atomic mass is 10.2. The fourth-order valence-corrected chi connectivity index (χ4v) is 3.30. The number of benzene rings is 1. The number of furan rings is 1. The number of hydrogen-bond donors (Lipinski definition) is 2. The van der Waals surface area contributed by atoms with Gasteiger partial charge in [0.25, 0.3) is 0 Å². The molecule has 26 heavy (non-hydrogen) atoms. The van der Waals surface area contributed by atoms with Crippen LogP contribution in [0.4, 0.5) is 5.69 Å². The van der Waals surface area contributed by atoms with Gasteiger partial charge in [-0.15, -0.1) is 10.2 Å². The summed E-state index contributed by atoms with van der Waals surface area (Å²) in [6, 6.07) is 6.61. The zero-order chi connectivity index (χ0) is 18.8. The number of nitrogen functional groups attached to an aromatic ring is 1. The Hall–Kier alpha value is -2.16. The molecule has 0 aliphatic heterocycles. The quantitative estimate of drug-likeness (QED) is 0.486. The fourth-order valence-electron chi connectivity index (χ4n) is 2.20. The minimum absolute atomic E-state index is 0.261. The number of rotatable bonds is 5. The second-order valence-corrected chi connectivity index (χ2v) is 7.59. The molecule has 0 saturated carbocycles. The molecule has 1 unspecified atom stereocenters. The molecule has 0 aliphatic rings. The standard InChI is InChI=1S/C16H15Cl2N5O2S/c1-8-11(5-6-25-8)14-21-22-16(23(14)19)26-9(2)15(24)20-13-7-10(17)3-4-12(13)18/h3-7,9H,19H2,1-2H3,(H,20,24). The number of carbonyl (C=O) groups is 1. The lowest BCUT2D eigenvalue weighted by molar-refractivity contribution is -0.115. The molecule has 0 fully saturated rings. The third-order valence-electron chi connectivity index (χ3n) is 3.60. The Labute approximate surface area is 163 Å². The van der Waals surface area contributed by atoms with Crippen molar-refractivity contribution in [3.8, 4) is 11.4 Å². The van der Waals surface area contributed by atoms with E-state index in [4.69, 9.17) is 33.5 Å². The SMILES string of the molecule is Cc1occc1-c1nnc(SC(C)C(=O)Nc2cc(Cl)ccc2Cl)n1N. The van der Waals surface area contributed by atoms with Gasteiger partial charge in [-0.3, -0.25) is 4.79 Å². The van der Waals surface area contributed by atoms with Crippen LogP contribution in [0.25, 0.3) is 11.4 Å². The predicted octanol–water partition coefficient (Wildman–Crippen LogP) is 3.99. The highest BCUT2D eigenvalue weighted by Gasteiger charge is 2.21. The summed E-state index contributed by atoms with van der Waals surface area (Å²) in [5, 5.41) is 11.7. The van der Waals surface area contributed by atoms with E-state index in [2.05, 4.69) is 15.5 Å². The maximum absolute atomic E-state index is 12.4. The van der Waals surface area contributed by atoms with Crippen molar-refractivity contribution in [2.75, 3.05) is 11.2 Å². The van der Waals surface area contributed by atoms with Gasteiger partial charge < -0.3 is 15.6 Å². The summed E-state index contributed by atoms with van der Waals surface area (Å²) in [6.45, 7) is 3.54. The number of nitrogens with two attached hydrogens (primary N) is 1. The number of carbonyl (C=O) groups excluding carboxylic acids is 1. The molecule has 0 bridgehead atoms. The van der Waals surface area contributed by atoms with Gasteiger partial charge in [-0.2, -0.15) is 0 Å². The van der Waals surface area contributed by atoms with Crippen molar-refractivity contribution >= 4 is 46.6 Å². The molecule has 2 heterocycles. The Morgan fingerprint density at radius 1 is 1.35 bits per heavy atom. The molecule has 2 aromatic heterocycles. The molecular formula is C16H15Cl2N5O2S. The van der Waals surface area contributed by atoms with Crippen molar-refractivity contribution in [1.29, 1.82) is 0 Å². The number of nitrogens with zero attached hydrogens (tertiary/aromatic N) is 3. The number of halogens is 2. The molecule has 0 spiro atoms. The van der Waals surface area contributed by atoms with Crippen molar-refractivity contribution < 1.29 is 9.21 Å². The van der Waals surface area contributed by atoms with Crippen LogP contribution in [0.2, 0.25) is 10.0 Å². The lowest BCUT2D eigenvalue weighted by Gasteiger charge is -2.12. The largest absolute Gasteiger partial charge is 0.469 e. The minimum Gasteiger partial charge on any atom is -0.469 e. The molecule has 0 saturated heterocycles. The number of aryl methyl sites for hydroxylation is 1. The van der Waals surface area contributed by atoms with Crippen molar-refractivity contribution in [1.82, 2.24) is 14.9 Å². The van der Waals surface area contributed by atoms with Gasteiger partial charge in [0.05, 0.1) is 27.8 Å². The summed E-state index contributed by atoms with van der Waals surface area (Å²) in [4.78, 5) is 12.4. The highest BCUT2D eigenvalue weighted by molar-refractivity contribution is 8.00. The normalized spacial score (nSPS) is 12.2. The van der Waals surface area contributed by atoms with Crippen LogP contribution in [0.3, 0.4) is 0 Å². The molecule has 0 radical (unpaired) electrons. The highest BCUT2D eigenvalue weighted by atomic mass is 35.5. The van der Waals surface area contributed by atoms with Gasteiger partial charge in [-0.1, -0.05) is 35.0 Å². The first-order chi connectivity index (χ1) is 12.4. The van der Waals surface area contributed by atoms with E-state index >= 15 is 0 Å². The molecule has 1 aromatic carbocycles. The Morgan fingerprint density at radius 2 is 2.12 bits per heavy atom. The summed E-state index contributed by atoms with van der Waals surface area (Å²) in [7, 11) is 0. The van der Waals surface area contributed by atoms with Crippen LogP contribution in [0.1, 0.15) is 12.7 Å². The van der Waals surface area contributed by atoms with Crippen LogP contribution in [-0.4, -0.2) is 26.0 Å². The van der Waals surface area contributed by atoms with Gasteiger partial charge in [-0.05, 0) is 38.1 Å². The first kappa shape index (κ1) is 18.6. The maximum atomic E-state index is 12.4. The van der Waals surface area contributed by atoms with E-state index in [9.17, 15) is 4.79 Å². The fraction of sp³-hybridized carbons (Fsp3) is 0.188. The summed E-state index contributed by atoms with van der Waals surface area (Å²) in [6.07, 6.45) is 1.55. The molecule has 3 N–H and O–H groups in total. The Bertz CT molecular complexity index is 956. The van der Waals surface area contributed by atoms with E-state index in [0.29, 0.717) is 32.5 Å². The average molecular weight is 412 g/mol. The first-order valence-electron chi connectivity index (χ1n) is 7.54. The number of amides is 1. The third-order valence-corrected chi connectivity index (χ3v) is 5.22. The van der Waals surface area contributed by atoms with Crippen molar-refractivity contribution in [2.24, 2.45) is 0 Å². The summed E-state index contributed by atoms with van der Waals surface area (Å²) < 4.78 is 6.59. The van der Waals surface area contributed by atoms with E-state index in [1.807, 2.05) is 6.92 Å². The van der Waals surface area contributed by atoms with Crippen LogP contribution in [-0.2, 0) is 4.79 Å². The third kappa shape index (κ3) is 3.82. The first-order valence-corrected chi connectivity index (χ1v) is 9.18. The number of nitrogens with one attached hydrogen (secondary N) is 1. The Balaban J connectivity index is 1.73. The average Bonchev–Trinajstić information content (AvgIpc) is 3.17. The highest BCUT2D eigenvalue weighted by Crippen LogP contribution is 2.29. The zero-order valence-electron chi connectivity index (χ0n) is 13.9.